The van der Waals surface area contributed by atoms with Crippen molar-refractivity contribution >= 4 is 35.2 Å². The average Bonchev–Trinajstić information content (AvgIpc) is 2.64. The Hall–Kier alpha value is -3.68. The molecule has 1 heterocycles. The molecular formula is C19H20N6O2. The minimum atomic E-state index is -1.00. The summed E-state index contributed by atoms with van der Waals surface area (Å²) in [4.78, 5) is 23.8. The summed E-state index contributed by atoms with van der Waals surface area (Å²) in [6.07, 6.45) is 0. The molecule has 1 aromatic heterocycles. The van der Waals surface area contributed by atoms with E-state index in [4.69, 9.17) is 5.11 Å². The Morgan fingerprint density at radius 3 is 1.70 bits per heavy atom. The van der Waals surface area contributed by atoms with E-state index in [0.29, 0.717) is 11.9 Å². The van der Waals surface area contributed by atoms with Crippen LogP contribution in [-0.2, 0) is 4.79 Å². The lowest BCUT2D eigenvalue weighted by molar-refractivity contribution is -0.134. The first kappa shape index (κ1) is 18.1. The van der Waals surface area contributed by atoms with Gasteiger partial charge in [-0.05, 0) is 37.1 Å². The van der Waals surface area contributed by atoms with Gasteiger partial charge in [0.05, 0.1) is 0 Å². The number of benzene rings is 2. The molecule has 0 saturated heterocycles. The number of nitrogens with one attached hydrogen (secondary N) is 3. The van der Waals surface area contributed by atoms with Gasteiger partial charge in [0.2, 0.25) is 17.8 Å². The highest BCUT2D eigenvalue weighted by molar-refractivity contribution is 5.72. The fourth-order valence-corrected chi connectivity index (χ4v) is 2.39. The highest BCUT2D eigenvalue weighted by Gasteiger charge is 2.10. The molecule has 3 rings (SSSR count). The van der Waals surface area contributed by atoms with E-state index in [9.17, 15) is 4.79 Å². The van der Waals surface area contributed by atoms with Crippen LogP contribution in [0.1, 0.15) is 11.1 Å². The highest BCUT2D eigenvalue weighted by Crippen LogP contribution is 2.22. The molecule has 0 unspecified atom stereocenters. The molecule has 3 aromatic rings. The van der Waals surface area contributed by atoms with Gasteiger partial charge in [-0.1, -0.05) is 36.4 Å². The molecule has 138 valence electrons. The van der Waals surface area contributed by atoms with E-state index < -0.39 is 5.97 Å². The quantitative estimate of drug-likeness (QED) is 0.504. The molecule has 0 radical (unpaired) electrons. The Morgan fingerprint density at radius 1 is 0.815 bits per heavy atom. The van der Waals surface area contributed by atoms with Crippen molar-refractivity contribution in [1.29, 1.82) is 0 Å². The van der Waals surface area contributed by atoms with Crippen LogP contribution in [0.4, 0.5) is 29.2 Å². The second-order valence-electron chi connectivity index (χ2n) is 5.93. The minimum absolute atomic E-state index is 0.166. The number of aryl methyl sites for hydroxylation is 2. The number of carbonyl (C=O) groups is 1. The molecule has 0 aliphatic carbocycles. The van der Waals surface area contributed by atoms with Crippen molar-refractivity contribution < 1.29 is 9.90 Å². The third kappa shape index (κ3) is 4.91. The standard InChI is InChI=1S/C19H20N6O2/c1-12-7-3-5-9-14(12)21-18-23-17(20-11-16(26)27)24-19(25-18)22-15-10-6-4-8-13(15)2/h3-10H,11H2,1-2H3,(H,26,27)(H3,20,21,22,23,24,25). The normalized spacial score (nSPS) is 10.3. The topological polar surface area (TPSA) is 112 Å². The fraction of sp³-hybridized carbons (Fsp3) is 0.158. The van der Waals surface area contributed by atoms with E-state index in [1.807, 2.05) is 62.4 Å². The highest BCUT2D eigenvalue weighted by atomic mass is 16.4. The smallest absolute Gasteiger partial charge is 0.322 e. The van der Waals surface area contributed by atoms with Crippen LogP contribution >= 0.6 is 0 Å². The zero-order valence-electron chi connectivity index (χ0n) is 15.0. The molecule has 27 heavy (non-hydrogen) atoms. The number of aromatic nitrogens is 3. The lowest BCUT2D eigenvalue weighted by atomic mass is 10.2. The number of carboxylic acids is 1. The molecular weight excluding hydrogens is 344 g/mol. The maximum atomic E-state index is 10.8. The molecule has 0 atom stereocenters. The number of hydrogen-bond donors (Lipinski definition) is 4. The van der Waals surface area contributed by atoms with Gasteiger partial charge in [0.1, 0.15) is 6.54 Å². The van der Waals surface area contributed by atoms with Crippen molar-refractivity contribution in [3.05, 3.63) is 59.7 Å². The van der Waals surface area contributed by atoms with Crippen LogP contribution in [0.2, 0.25) is 0 Å². The molecule has 0 aliphatic rings. The summed E-state index contributed by atoms with van der Waals surface area (Å²) in [5, 5.41) is 17.9. The molecule has 8 nitrogen and oxygen atoms in total. The van der Waals surface area contributed by atoms with Gasteiger partial charge in [-0.25, -0.2) is 0 Å². The van der Waals surface area contributed by atoms with Crippen LogP contribution in [0.3, 0.4) is 0 Å². The number of anilines is 5. The van der Waals surface area contributed by atoms with E-state index in [1.54, 1.807) is 0 Å². The summed E-state index contributed by atoms with van der Waals surface area (Å²) >= 11 is 0. The molecule has 0 bridgehead atoms. The van der Waals surface area contributed by atoms with Gasteiger partial charge in [-0.15, -0.1) is 0 Å². The van der Waals surface area contributed by atoms with Gasteiger partial charge in [-0.3, -0.25) is 4.79 Å². The van der Waals surface area contributed by atoms with Crippen molar-refractivity contribution in [3.63, 3.8) is 0 Å². The van der Waals surface area contributed by atoms with E-state index in [0.717, 1.165) is 22.5 Å². The van der Waals surface area contributed by atoms with Gasteiger partial charge >= 0.3 is 5.97 Å². The number of para-hydroxylation sites is 2. The Labute approximate surface area is 156 Å². The first-order valence-electron chi connectivity index (χ1n) is 8.38. The third-order valence-corrected chi connectivity index (χ3v) is 3.82. The second-order valence-corrected chi connectivity index (χ2v) is 5.93. The predicted octanol–water partition coefficient (Wildman–Crippen LogP) is 3.47. The lowest BCUT2D eigenvalue weighted by Gasteiger charge is -2.12. The van der Waals surface area contributed by atoms with E-state index in [-0.39, 0.29) is 12.5 Å². The number of rotatable bonds is 7. The summed E-state index contributed by atoms with van der Waals surface area (Å²) in [6, 6.07) is 15.5. The summed E-state index contributed by atoms with van der Waals surface area (Å²) in [5.74, 6) is -0.219. The van der Waals surface area contributed by atoms with Crippen LogP contribution in [0, 0.1) is 13.8 Å². The summed E-state index contributed by atoms with van der Waals surface area (Å²) in [7, 11) is 0. The second kappa shape index (κ2) is 8.13. The maximum Gasteiger partial charge on any atom is 0.322 e. The number of carboxylic acid groups (broad SMARTS) is 1. The SMILES string of the molecule is Cc1ccccc1Nc1nc(NCC(=O)O)nc(Nc2ccccc2C)n1. The molecule has 2 aromatic carbocycles. The van der Waals surface area contributed by atoms with Crippen molar-refractivity contribution in [3.8, 4) is 0 Å². The fourth-order valence-electron chi connectivity index (χ4n) is 2.39. The van der Waals surface area contributed by atoms with Gasteiger partial charge in [0, 0.05) is 11.4 Å². The molecule has 0 aliphatic heterocycles. The summed E-state index contributed by atoms with van der Waals surface area (Å²) in [6.45, 7) is 3.65. The Morgan fingerprint density at radius 2 is 1.26 bits per heavy atom. The van der Waals surface area contributed by atoms with Crippen LogP contribution in [-0.4, -0.2) is 32.6 Å². The Bertz CT molecular complexity index is 895. The zero-order valence-corrected chi connectivity index (χ0v) is 15.0. The van der Waals surface area contributed by atoms with Crippen LogP contribution in [0.15, 0.2) is 48.5 Å². The first-order valence-corrected chi connectivity index (χ1v) is 8.38. The molecule has 4 N–H and O–H groups in total. The number of nitrogens with zero attached hydrogens (tertiary/aromatic N) is 3. The average molecular weight is 364 g/mol. The monoisotopic (exact) mass is 364 g/mol. The first-order chi connectivity index (χ1) is 13.0. The molecule has 0 fully saturated rings. The number of aliphatic carboxylic acids is 1. The van der Waals surface area contributed by atoms with Crippen LogP contribution in [0.25, 0.3) is 0 Å². The third-order valence-electron chi connectivity index (χ3n) is 3.82. The van der Waals surface area contributed by atoms with Crippen LogP contribution in [0.5, 0.6) is 0 Å². The summed E-state index contributed by atoms with van der Waals surface area (Å²) < 4.78 is 0. The zero-order chi connectivity index (χ0) is 19.2. The number of hydrogen-bond acceptors (Lipinski definition) is 7. The summed E-state index contributed by atoms with van der Waals surface area (Å²) in [5.41, 5.74) is 3.78. The van der Waals surface area contributed by atoms with Gasteiger partial charge in [-0.2, -0.15) is 15.0 Å². The Kier molecular flexibility index (Phi) is 5.46. The molecule has 8 heteroatoms. The molecule has 0 spiro atoms. The lowest BCUT2D eigenvalue weighted by Crippen LogP contribution is -2.16. The van der Waals surface area contributed by atoms with Crippen molar-refractivity contribution in [2.45, 2.75) is 13.8 Å². The largest absolute Gasteiger partial charge is 0.480 e. The minimum Gasteiger partial charge on any atom is -0.480 e. The van der Waals surface area contributed by atoms with Crippen molar-refractivity contribution in [2.24, 2.45) is 0 Å². The van der Waals surface area contributed by atoms with E-state index >= 15 is 0 Å². The molecule has 0 amide bonds. The van der Waals surface area contributed by atoms with Gasteiger partial charge in [0.15, 0.2) is 0 Å². The molecule has 0 saturated carbocycles. The van der Waals surface area contributed by atoms with Crippen LogP contribution < -0.4 is 16.0 Å². The van der Waals surface area contributed by atoms with Crippen molar-refractivity contribution in [1.82, 2.24) is 15.0 Å². The van der Waals surface area contributed by atoms with E-state index in [2.05, 4.69) is 30.9 Å². The van der Waals surface area contributed by atoms with Crippen molar-refractivity contribution in [2.75, 3.05) is 22.5 Å². The van der Waals surface area contributed by atoms with Gasteiger partial charge < -0.3 is 21.1 Å². The van der Waals surface area contributed by atoms with E-state index in [1.165, 1.54) is 0 Å². The Balaban J connectivity index is 1.92. The predicted molar refractivity (Wildman–Crippen MR) is 105 cm³/mol. The van der Waals surface area contributed by atoms with Gasteiger partial charge in [0.25, 0.3) is 0 Å². The maximum absolute atomic E-state index is 10.8.